The average molecular weight is 296 g/mol. The number of nitrogens with zero attached hydrogens (tertiary/aromatic N) is 3. The zero-order valence-corrected chi connectivity index (χ0v) is 12.2. The summed E-state index contributed by atoms with van der Waals surface area (Å²) in [5.41, 5.74) is 7.26. The van der Waals surface area contributed by atoms with Crippen molar-refractivity contribution in [3.63, 3.8) is 0 Å². The Labute approximate surface area is 127 Å². The molecule has 1 fully saturated rings. The monoisotopic (exact) mass is 296 g/mol. The predicted molar refractivity (Wildman–Crippen MR) is 79.7 cm³/mol. The first-order valence-electron chi connectivity index (χ1n) is 7.32. The topological polar surface area (TPSA) is 91.0 Å². The Morgan fingerprint density at radius 2 is 1.86 bits per heavy atom. The fourth-order valence-electron chi connectivity index (χ4n) is 2.60. The van der Waals surface area contributed by atoms with Gasteiger partial charge >= 0.3 is 0 Å². The van der Waals surface area contributed by atoms with Gasteiger partial charge < -0.3 is 14.7 Å². The first kappa shape index (κ1) is 13.2. The number of oxazole rings is 1. The van der Waals surface area contributed by atoms with Crippen LogP contribution in [0, 0.1) is 6.92 Å². The number of aromatic nitrogens is 3. The molecule has 4 rings (SSSR count). The van der Waals surface area contributed by atoms with Crippen LogP contribution in [-0.2, 0) is 5.54 Å². The minimum absolute atomic E-state index is 0.357. The SMILES string of the molecule is Cc1oc(-c2ccccc2)nc1-c1nc(C2(N)CCC2)no1. The van der Waals surface area contributed by atoms with Crippen molar-refractivity contribution in [2.75, 3.05) is 0 Å². The van der Waals surface area contributed by atoms with E-state index in [0.29, 0.717) is 29.1 Å². The van der Waals surface area contributed by atoms with Gasteiger partial charge in [0.1, 0.15) is 5.76 Å². The van der Waals surface area contributed by atoms with Gasteiger partial charge in [0.05, 0.1) is 5.54 Å². The van der Waals surface area contributed by atoms with Crippen LogP contribution >= 0.6 is 0 Å². The number of nitrogens with two attached hydrogens (primary N) is 1. The molecule has 6 nitrogen and oxygen atoms in total. The van der Waals surface area contributed by atoms with Gasteiger partial charge in [0, 0.05) is 5.56 Å². The van der Waals surface area contributed by atoms with Gasteiger partial charge in [-0.05, 0) is 38.3 Å². The molecule has 2 heterocycles. The number of rotatable bonds is 3. The van der Waals surface area contributed by atoms with Crippen molar-refractivity contribution in [3.8, 4) is 23.0 Å². The lowest BCUT2D eigenvalue weighted by atomic mass is 9.77. The number of hydrogen-bond acceptors (Lipinski definition) is 6. The Hall–Kier alpha value is -2.47. The van der Waals surface area contributed by atoms with E-state index in [2.05, 4.69) is 15.1 Å². The first-order valence-corrected chi connectivity index (χ1v) is 7.32. The highest BCUT2D eigenvalue weighted by Crippen LogP contribution is 2.38. The maximum Gasteiger partial charge on any atom is 0.280 e. The molecule has 3 aromatic rings. The number of hydrogen-bond donors (Lipinski definition) is 1. The van der Waals surface area contributed by atoms with Crippen LogP contribution in [-0.4, -0.2) is 15.1 Å². The molecule has 2 N–H and O–H groups in total. The fourth-order valence-corrected chi connectivity index (χ4v) is 2.60. The van der Waals surface area contributed by atoms with Crippen molar-refractivity contribution >= 4 is 0 Å². The Balaban J connectivity index is 1.70. The zero-order valence-electron chi connectivity index (χ0n) is 12.2. The minimum atomic E-state index is -0.443. The van der Waals surface area contributed by atoms with Crippen molar-refractivity contribution in [3.05, 3.63) is 41.9 Å². The van der Waals surface area contributed by atoms with E-state index in [0.717, 1.165) is 24.8 Å². The summed E-state index contributed by atoms with van der Waals surface area (Å²) in [7, 11) is 0. The summed E-state index contributed by atoms with van der Waals surface area (Å²) in [6.07, 6.45) is 2.87. The molecule has 0 atom stereocenters. The summed E-state index contributed by atoms with van der Waals surface area (Å²) in [6.45, 7) is 1.83. The van der Waals surface area contributed by atoms with Crippen molar-refractivity contribution in [2.45, 2.75) is 31.7 Å². The third kappa shape index (κ3) is 2.03. The molecular weight excluding hydrogens is 280 g/mol. The quantitative estimate of drug-likeness (QED) is 0.798. The second-order valence-electron chi connectivity index (χ2n) is 5.72. The summed E-state index contributed by atoms with van der Waals surface area (Å²) >= 11 is 0. The van der Waals surface area contributed by atoms with Gasteiger partial charge in [-0.2, -0.15) is 4.98 Å². The van der Waals surface area contributed by atoms with Gasteiger partial charge in [0.2, 0.25) is 5.89 Å². The Morgan fingerprint density at radius 1 is 1.09 bits per heavy atom. The highest BCUT2D eigenvalue weighted by atomic mass is 16.5. The summed E-state index contributed by atoms with van der Waals surface area (Å²) in [5.74, 6) is 2.10. The first-order chi connectivity index (χ1) is 10.7. The Kier molecular flexibility index (Phi) is 2.87. The third-order valence-corrected chi connectivity index (χ3v) is 4.14. The molecule has 1 aliphatic carbocycles. The smallest absolute Gasteiger partial charge is 0.280 e. The van der Waals surface area contributed by atoms with Crippen LogP contribution in [0.5, 0.6) is 0 Å². The largest absolute Gasteiger partial charge is 0.441 e. The molecule has 0 radical (unpaired) electrons. The highest BCUT2D eigenvalue weighted by molar-refractivity contribution is 5.59. The van der Waals surface area contributed by atoms with E-state index in [-0.39, 0.29) is 0 Å². The molecule has 112 valence electrons. The molecule has 1 aliphatic rings. The number of aryl methyl sites for hydroxylation is 1. The summed E-state index contributed by atoms with van der Waals surface area (Å²) < 4.78 is 11.1. The van der Waals surface area contributed by atoms with Crippen LogP contribution in [0.15, 0.2) is 39.3 Å². The molecular formula is C16H16N4O2. The molecule has 22 heavy (non-hydrogen) atoms. The standard InChI is InChI=1S/C16H16N4O2/c1-10-12(18-13(21-10)11-6-3-2-4-7-11)14-19-15(20-22-14)16(17)8-5-9-16/h2-4,6-7H,5,8-9,17H2,1H3. The van der Waals surface area contributed by atoms with Gasteiger partial charge in [-0.1, -0.05) is 23.4 Å². The molecule has 2 aromatic heterocycles. The molecule has 1 saturated carbocycles. The minimum Gasteiger partial charge on any atom is -0.441 e. The Bertz CT molecular complexity index is 803. The van der Waals surface area contributed by atoms with Crippen LogP contribution in [0.3, 0.4) is 0 Å². The second-order valence-corrected chi connectivity index (χ2v) is 5.72. The molecule has 0 unspecified atom stereocenters. The van der Waals surface area contributed by atoms with Crippen LogP contribution < -0.4 is 5.73 Å². The van der Waals surface area contributed by atoms with E-state index in [1.165, 1.54) is 0 Å². The van der Waals surface area contributed by atoms with E-state index in [1.807, 2.05) is 37.3 Å². The van der Waals surface area contributed by atoms with E-state index in [4.69, 9.17) is 14.7 Å². The lowest BCUT2D eigenvalue weighted by Crippen LogP contribution is -2.44. The molecule has 0 aliphatic heterocycles. The zero-order chi connectivity index (χ0) is 15.2. The fraction of sp³-hybridized carbons (Fsp3) is 0.312. The molecule has 0 bridgehead atoms. The lowest BCUT2D eigenvalue weighted by molar-refractivity contribution is 0.229. The molecule has 6 heteroatoms. The lowest BCUT2D eigenvalue weighted by Gasteiger charge is -2.34. The van der Waals surface area contributed by atoms with Crippen LogP contribution in [0.25, 0.3) is 23.0 Å². The van der Waals surface area contributed by atoms with Gasteiger partial charge in [-0.15, -0.1) is 0 Å². The van der Waals surface area contributed by atoms with Crippen molar-refractivity contribution in [1.29, 1.82) is 0 Å². The van der Waals surface area contributed by atoms with E-state index >= 15 is 0 Å². The van der Waals surface area contributed by atoms with E-state index in [1.54, 1.807) is 0 Å². The highest BCUT2D eigenvalue weighted by Gasteiger charge is 2.39. The Morgan fingerprint density at radius 3 is 2.55 bits per heavy atom. The summed E-state index contributed by atoms with van der Waals surface area (Å²) in [6, 6.07) is 9.71. The normalized spacial score (nSPS) is 16.5. The van der Waals surface area contributed by atoms with E-state index in [9.17, 15) is 0 Å². The average Bonchev–Trinajstić information content (AvgIpc) is 3.12. The predicted octanol–water partition coefficient (Wildman–Crippen LogP) is 3.04. The summed E-state index contributed by atoms with van der Waals surface area (Å²) in [5, 5.41) is 4.02. The molecule has 0 saturated heterocycles. The van der Waals surface area contributed by atoms with E-state index < -0.39 is 5.54 Å². The van der Waals surface area contributed by atoms with Crippen molar-refractivity contribution in [1.82, 2.24) is 15.1 Å². The maximum atomic E-state index is 6.22. The van der Waals surface area contributed by atoms with Crippen LogP contribution in [0.4, 0.5) is 0 Å². The van der Waals surface area contributed by atoms with Gasteiger partial charge in [-0.3, -0.25) is 0 Å². The summed E-state index contributed by atoms with van der Waals surface area (Å²) in [4.78, 5) is 8.90. The maximum absolute atomic E-state index is 6.22. The van der Waals surface area contributed by atoms with Gasteiger partial charge in [0.15, 0.2) is 11.5 Å². The van der Waals surface area contributed by atoms with Gasteiger partial charge in [-0.25, -0.2) is 4.98 Å². The number of benzene rings is 1. The van der Waals surface area contributed by atoms with Crippen LogP contribution in [0.2, 0.25) is 0 Å². The third-order valence-electron chi connectivity index (χ3n) is 4.14. The van der Waals surface area contributed by atoms with Crippen LogP contribution in [0.1, 0.15) is 30.8 Å². The van der Waals surface area contributed by atoms with Gasteiger partial charge in [0.25, 0.3) is 5.89 Å². The van der Waals surface area contributed by atoms with Crippen molar-refractivity contribution in [2.24, 2.45) is 5.73 Å². The second kappa shape index (κ2) is 4.78. The molecule has 0 spiro atoms. The molecule has 0 amide bonds. The molecule has 1 aromatic carbocycles. The van der Waals surface area contributed by atoms with Crippen molar-refractivity contribution < 1.29 is 8.94 Å².